The van der Waals surface area contributed by atoms with Crippen molar-refractivity contribution in [1.82, 2.24) is 0 Å². The number of hydrogen-bond acceptors (Lipinski definition) is 5. The maximum atomic E-state index is 12.8. The first-order valence-corrected chi connectivity index (χ1v) is 26.9. The lowest BCUT2D eigenvalue weighted by Crippen LogP contribution is -2.30. The van der Waals surface area contributed by atoms with E-state index < -0.39 is 6.10 Å². The fraction of sp³-hybridized carbons (Fsp3) is 0.891. The van der Waals surface area contributed by atoms with Crippen molar-refractivity contribution in [2.45, 2.75) is 297 Å². The Bertz CT molecular complexity index is 913. The number of hydrogen-bond donors (Lipinski definition) is 0. The molecule has 0 rings (SSSR count). The summed E-state index contributed by atoms with van der Waals surface area (Å²) in [6, 6.07) is 0. The van der Waals surface area contributed by atoms with Crippen molar-refractivity contribution in [2.24, 2.45) is 0 Å². The third-order valence-corrected chi connectivity index (χ3v) is 12.0. The lowest BCUT2D eigenvalue weighted by atomic mass is 10.0. The van der Waals surface area contributed by atoms with E-state index in [1.807, 2.05) is 0 Å². The average Bonchev–Trinajstić information content (AvgIpc) is 3.25. The van der Waals surface area contributed by atoms with Gasteiger partial charge in [0.1, 0.15) is 6.61 Å². The van der Waals surface area contributed by atoms with Crippen LogP contribution < -0.4 is 0 Å². The Labute approximate surface area is 375 Å². The minimum absolute atomic E-state index is 0.0907. The molecule has 5 nitrogen and oxygen atoms in total. The molecule has 0 bridgehead atoms. The molecule has 0 heterocycles. The highest BCUT2D eigenvalue weighted by Crippen LogP contribution is 2.16. The summed E-state index contributed by atoms with van der Waals surface area (Å²) in [5.41, 5.74) is 0. The first-order chi connectivity index (χ1) is 29.6. The number of rotatable bonds is 50. The highest BCUT2D eigenvalue weighted by molar-refractivity contribution is 5.70. The summed E-state index contributed by atoms with van der Waals surface area (Å²) in [6.07, 6.45) is 60.4. The minimum atomic E-state index is -0.529. The SMILES string of the molecule is CCCCC/C=C\C/C=C\CCCCCCCCCCCC(=O)OCC(COCCCCCCCCCCCC)OC(=O)CCCCCCCCCCCCCCCCC. The van der Waals surface area contributed by atoms with Gasteiger partial charge in [0.15, 0.2) is 6.10 Å². The predicted octanol–water partition coefficient (Wildman–Crippen LogP) is 18.0. The van der Waals surface area contributed by atoms with Crippen molar-refractivity contribution < 1.29 is 23.8 Å². The van der Waals surface area contributed by atoms with Crippen LogP contribution in [0.2, 0.25) is 0 Å². The lowest BCUT2D eigenvalue weighted by molar-refractivity contribution is -0.163. The number of ether oxygens (including phenoxy) is 3. The number of carbonyl (C=O) groups is 2. The summed E-state index contributed by atoms with van der Waals surface area (Å²) in [5, 5.41) is 0. The van der Waals surface area contributed by atoms with Crippen molar-refractivity contribution in [1.29, 1.82) is 0 Å². The molecule has 0 aliphatic rings. The van der Waals surface area contributed by atoms with Gasteiger partial charge in [-0.25, -0.2) is 0 Å². The largest absolute Gasteiger partial charge is 0.462 e. The fourth-order valence-corrected chi connectivity index (χ4v) is 7.95. The van der Waals surface area contributed by atoms with E-state index in [9.17, 15) is 9.59 Å². The van der Waals surface area contributed by atoms with Crippen LogP contribution in [0.25, 0.3) is 0 Å². The molecular weight excluding hydrogens is 741 g/mol. The van der Waals surface area contributed by atoms with Gasteiger partial charge in [-0.1, -0.05) is 251 Å². The molecule has 0 fully saturated rings. The second kappa shape index (κ2) is 51.7. The van der Waals surface area contributed by atoms with E-state index in [0.29, 0.717) is 26.1 Å². The second-order valence-corrected chi connectivity index (χ2v) is 18.1. The Morgan fingerprint density at radius 3 is 1.13 bits per heavy atom. The Balaban J connectivity index is 4.15. The highest BCUT2D eigenvalue weighted by atomic mass is 16.6. The molecular formula is C55H104O5. The van der Waals surface area contributed by atoms with Gasteiger partial charge in [0, 0.05) is 19.4 Å². The molecule has 1 atom stereocenters. The van der Waals surface area contributed by atoms with Gasteiger partial charge in [0.05, 0.1) is 6.61 Å². The fourth-order valence-electron chi connectivity index (χ4n) is 7.95. The van der Waals surface area contributed by atoms with Gasteiger partial charge in [-0.15, -0.1) is 0 Å². The molecule has 0 aromatic rings. The molecule has 0 aromatic heterocycles. The highest BCUT2D eigenvalue weighted by Gasteiger charge is 2.17. The van der Waals surface area contributed by atoms with Crippen LogP contribution in [-0.2, 0) is 23.8 Å². The van der Waals surface area contributed by atoms with Gasteiger partial charge < -0.3 is 14.2 Å². The molecule has 5 heteroatoms. The molecule has 0 spiro atoms. The van der Waals surface area contributed by atoms with Crippen LogP contribution in [0.1, 0.15) is 290 Å². The normalized spacial score (nSPS) is 12.2. The topological polar surface area (TPSA) is 61.8 Å². The van der Waals surface area contributed by atoms with Crippen LogP contribution in [0.3, 0.4) is 0 Å². The summed E-state index contributed by atoms with van der Waals surface area (Å²) >= 11 is 0. The molecule has 0 saturated carbocycles. The van der Waals surface area contributed by atoms with Gasteiger partial charge in [0.25, 0.3) is 0 Å². The summed E-state index contributed by atoms with van der Waals surface area (Å²) in [4.78, 5) is 25.4. The molecule has 0 amide bonds. The first kappa shape index (κ1) is 58.4. The minimum Gasteiger partial charge on any atom is -0.462 e. The Morgan fingerprint density at radius 2 is 0.700 bits per heavy atom. The molecule has 0 radical (unpaired) electrons. The van der Waals surface area contributed by atoms with Gasteiger partial charge in [-0.05, 0) is 51.4 Å². The lowest BCUT2D eigenvalue weighted by Gasteiger charge is -2.18. The number of carbonyl (C=O) groups excluding carboxylic acids is 2. The van der Waals surface area contributed by atoms with Crippen LogP contribution >= 0.6 is 0 Å². The summed E-state index contributed by atoms with van der Waals surface area (Å²) in [6.45, 7) is 7.85. The molecule has 0 aliphatic carbocycles. The van der Waals surface area contributed by atoms with Crippen LogP contribution in [0.15, 0.2) is 24.3 Å². The Kier molecular flexibility index (Phi) is 50.3. The van der Waals surface area contributed by atoms with Gasteiger partial charge in [-0.2, -0.15) is 0 Å². The van der Waals surface area contributed by atoms with E-state index >= 15 is 0 Å². The average molecular weight is 845 g/mol. The maximum Gasteiger partial charge on any atom is 0.306 e. The number of esters is 2. The predicted molar refractivity (Wildman–Crippen MR) is 261 cm³/mol. The number of allylic oxidation sites excluding steroid dienone is 4. The summed E-state index contributed by atoms with van der Waals surface area (Å²) < 4.78 is 17.4. The van der Waals surface area contributed by atoms with Crippen molar-refractivity contribution >= 4 is 11.9 Å². The van der Waals surface area contributed by atoms with E-state index in [2.05, 4.69) is 45.1 Å². The zero-order valence-corrected chi connectivity index (χ0v) is 40.7. The van der Waals surface area contributed by atoms with Crippen molar-refractivity contribution in [3.8, 4) is 0 Å². The number of unbranched alkanes of at least 4 members (excludes halogenated alkanes) is 35. The third kappa shape index (κ3) is 49.0. The zero-order chi connectivity index (χ0) is 43.5. The first-order valence-electron chi connectivity index (χ1n) is 26.9. The van der Waals surface area contributed by atoms with Crippen molar-refractivity contribution in [3.05, 3.63) is 24.3 Å². The standard InChI is InChI=1S/C55H104O5/c1-4-7-10-13-16-19-22-24-26-27-28-29-31-32-34-36-39-42-45-48-54(56)59-52-53(51-58-50-47-44-41-38-21-18-15-12-9-6-3)60-55(57)49-46-43-40-37-35-33-30-25-23-20-17-14-11-8-5-2/h16,19,24,26,53H,4-15,17-18,20-23,25,27-52H2,1-3H3/b19-16-,26-24-. The van der Waals surface area contributed by atoms with E-state index in [1.54, 1.807) is 0 Å². The summed E-state index contributed by atoms with van der Waals surface area (Å²) in [7, 11) is 0. The van der Waals surface area contributed by atoms with Crippen molar-refractivity contribution in [3.63, 3.8) is 0 Å². The molecule has 354 valence electrons. The molecule has 0 N–H and O–H groups in total. The zero-order valence-electron chi connectivity index (χ0n) is 40.7. The van der Waals surface area contributed by atoms with Gasteiger partial charge in [-0.3, -0.25) is 9.59 Å². The molecule has 1 unspecified atom stereocenters. The maximum absolute atomic E-state index is 12.8. The van der Waals surface area contributed by atoms with Crippen molar-refractivity contribution in [2.75, 3.05) is 19.8 Å². The van der Waals surface area contributed by atoms with Crippen LogP contribution in [0.5, 0.6) is 0 Å². The van der Waals surface area contributed by atoms with E-state index in [0.717, 1.165) is 38.5 Å². The van der Waals surface area contributed by atoms with E-state index in [4.69, 9.17) is 14.2 Å². The second-order valence-electron chi connectivity index (χ2n) is 18.1. The van der Waals surface area contributed by atoms with E-state index in [1.165, 1.54) is 218 Å². The Hall–Kier alpha value is -1.62. The van der Waals surface area contributed by atoms with Crippen LogP contribution in [0, 0.1) is 0 Å². The van der Waals surface area contributed by atoms with Gasteiger partial charge >= 0.3 is 11.9 Å². The molecule has 0 saturated heterocycles. The van der Waals surface area contributed by atoms with E-state index in [-0.39, 0.29) is 18.5 Å². The summed E-state index contributed by atoms with van der Waals surface area (Å²) in [5.74, 6) is -0.383. The molecule has 0 aromatic carbocycles. The van der Waals surface area contributed by atoms with Crippen LogP contribution in [-0.4, -0.2) is 37.9 Å². The monoisotopic (exact) mass is 845 g/mol. The third-order valence-electron chi connectivity index (χ3n) is 12.0. The Morgan fingerprint density at radius 1 is 0.367 bits per heavy atom. The van der Waals surface area contributed by atoms with Gasteiger partial charge in [0.2, 0.25) is 0 Å². The smallest absolute Gasteiger partial charge is 0.306 e. The molecule has 60 heavy (non-hydrogen) atoms. The molecule has 0 aliphatic heterocycles. The quantitative estimate of drug-likeness (QED) is 0.0347. The van der Waals surface area contributed by atoms with Crippen LogP contribution in [0.4, 0.5) is 0 Å².